The minimum Gasteiger partial charge on any atom is -0.353 e. The zero-order valence-electron chi connectivity index (χ0n) is 15.5. The molecule has 2 saturated carbocycles. The van der Waals surface area contributed by atoms with Crippen molar-refractivity contribution in [3.8, 4) is 0 Å². The standard InChI is InChI=1S/C20H34N2O2/c1-15(2)11-14-22-17-9-5-6-12-20(17,13-10-18(22)23)19(24)21-16-7-3-4-8-16/h15-17H,3-14H2,1-2H3,(H,21,24)/t17-,20-/m1/s1. The van der Waals surface area contributed by atoms with E-state index < -0.39 is 0 Å². The fourth-order valence-electron chi connectivity index (χ4n) is 5.07. The Bertz CT molecular complexity index is 470. The van der Waals surface area contributed by atoms with Gasteiger partial charge in [-0.2, -0.15) is 0 Å². The molecule has 3 rings (SSSR count). The Labute approximate surface area is 146 Å². The number of hydrogen-bond acceptors (Lipinski definition) is 2. The SMILES string of the molecule is CC(C)CCN1C(=O)CC[C@]2(C(=O)NC3CCCC3)CCCC[C@@H]12. The molecule has 2 aliphatic carbocycles. The number of rotatable bonds is 5. The predicted octanol–water partition coefficient (Wildman–Crippen LogP) is 3.64. The van der Waals surface area contributed by atoms with E-state index in [1.807, 2.05) is 0 Å². The van der Waals surface area contributed by atoms with E-state index >= 15 is 0 Å². The summed E-state index contributed by atoms with van der Waals surface area (Å²) in [5.74, 6) is 1.11. The molecule has 2 atom stereocenters. The van der Waals surface area contributed by atoms with Crippen LogP contribution in [0.2, 0.25) is 0 Å². The summed E-state index contributed by atoms with van der Waals surface area (Å²) in [6.45, 7) is 5.23. The topological polar surface area (TPSA) is 49.4 Å². The summed E-state index contributed by atoms with van der Waals surface area (Å²) < 4.78 is 0. The molecule has 0 radical (unpaired) electrons. The van der Waals surface area contributed by atoms with Crippen molar-refractivity contribution in [2.24, 2.45) is 11.3 Å². The third-order valence-corrected chi connectivity index (χ3v) is 6.56. The molecule has 24 heavy (non-hydrogen) atoms. The Morgan fingerprint density at radius 3 is 2.58 bits per heavy atom. The summed E-state index contributed by atoms with van der Waals surface area (Å²) in [6, 6.07) is 0.504. The second-order valence-electron chi connectivity index (χ2n) is 8.64. The van der Waals surface area contributed by atoms with Gasteiger partial charge in [-0.3, -0.25) is 9.59 Å². The van der Waals surface area contributed by atoms with Gasteiger partial charge in [0.25, 0.3) is 0 Å². The van der Waals surface area contributed by atoms with Gasteiger partial charge in [0.2, 0.25) is 11.8 Å². The summed E-state index contributed by atoms with van der Waals surface area (Å²) in [5, 5.41) is 3.36. The van der Waals surface area contributed by atoms with Crippen LogP contribution in [0.25, 0.3) is 0 Å². The van der Waals surface area contributed by atoms with Crippen LogP contribution in [0.3, 0.4) is 0 Å². The van der Waals surface area contributed by atoms with Crippen LogP contribution in [0.5, 0.6) is 0 Å². The highest BCUT2D eigenvalue weighted by Crippen LogP contribution is 2.47. The number of carbonyl (C=O) groups excluding carboxylic acids is 2. The van der Waals surface area contributed by atoms with Crippen molar-refractivity contribution < 1.29 is 9.59 Å². The first-order chi connectivity index (χ1) is 11.5. The minimum atomic E-state index is -0.314. The maximum absolute atomic E-state index is 13.3. The highest BCUT2D eigenvalue weighted by Gasteiger charge is 2.53. The number of hydrogen-bond donors (Lipinski definition) is 1. The van der Waals surface area contributed by atoms with Crippen LogP contribution in [-0.4, -0.2) is 35.3 Å². The highest BCUT2D eigenvalue weighted by atomic mass is 16.2. The molecule has 1 N–H and O–H groups in total. The van der Waals surface area contributed by atoms with Crippen LogP contribution in [0.15, 0.2) is 0 Å². The van der Waals surface area contributed by atoms with Crippen molar-refractivity contribution in [1.82, 2.24) is 10.2 Å². The van der Waals surface area contributed by atoms with Gasteiger partial charge in [0, 0.05) is 25.0 Å². The predicted molar refractivity (Wildman–Crippen MR) is 95.5 cm³/mol. The average molecular weight is 335 g/mol. The van der Waals surface area contributed by atoms with Gasteiger partial charge in [-0.25, -0.2) is 0 Å². The molecular formula is C20H34N2O2. The summed E-state index contributed by atoms with van der Waals surface area (Å²) in [5.41, 5.74) is -0.314. The molecule has 0 unspecified atom stereocenters. The van der Waals surface area contributed by atoms with Crippen LogP contribution in [0.4, 0.5) is 0 Å². The van der Waals surface area contributed by atoms with Gasteiger partial charge in [-0.1, -0.05) is 39.5 Å². The van der Waals surface area contributed by atoms with E-state index in [-0.39, 0.29) is 23.3 Å². The van der Waals surface area contributed by atoms with E-state index in [9.17, 15) is 9.59 Å². The lowest BCUT2D eigenvalue weighted by Gasteiger charge is -2.51. The zero-order chi connectivity index (χ0) is 17.2. The molecule has 0 aromatic rings. The van der Waals surface area contributed by atoms with Gasteiger partial charge in [-0.15, -0.1) is 0 Å². The Morgan fingerprint density at radius 2 is 1.88 bits per heavy atom. The van der Waals surface area contributed by atoms with E-state index in [4.69, 9.17) is 0 Å². The molecule has 1 aliphatic heterocycles. The first-order valence-electron chi connectivity index (χ1n) is 10.1. The maximum atomic E-state index is 13.3. The van der Waals surface area contributed by atoms with E-state index in [2.05, 4.69) is 24.1 Å². The molecular weight excluding hydrogens is 300 g/mol. The smallest absolute Gasteiger partial charge is 0.228 e. The molecule has 0 aromatic carbocycles. The van der Waals surface area contributed by atoms with Crippen molar-refractivity contribution >= 4 is 11.8 Å². The van der Waals surface area contributed by atoms with Gasteiger partial charge in [0.1, 0.15) is 0 Å². The molecule has 1 saturated heterocycles. The summed E-state index contributed by atoms with van der Waals surface area (Å²) in [7, 11) is 0. The van der Waals surface area contributed by atoms with Crippen molar-refractivity contribution in [3.05, 3.63) is 0 Å². The third kappa shape index (κ3) is 3.48. The fourth-order valence-corrected chi connectivity index (χ4v) is 5.07. The molecule has 1 heterocycles. The molecule has 4 heteroatoms. The van der Waals surface area contributed by atoms with Crippen LogP contribution in [0.1, 0.15) is 84.5 Å². The molecule has 3 fully saturated rings. The largest absolute Gasteiger partial charge is 0.353 e. The zero-order valence-corrected chi connectivity index (χ0v) is 15.5. The Kier molecular flexibility index (Phi) is 5.51. The molecule has 4 nitrogen and oxygen atoms in total. The molecule has 0 aromatic heterocycles. The van der Waals surface area contributed by atoms with E-state index in [1.165, 1.54) is 12.8 Å². The number of carbonyl (C=O) groups is 2. The highest BCUT2D eigenvalue weighted by molar-refractivity contribution is 5.88. The van der Waals surface area contributed by atoms with Crippen LogP contribution >= 0.6 is 0 Å². The van der Waals surface area contributed by atoms with Crippen molar-refractivity contribution in [1.29, 1.82) is 0 Å². The quantitative estimate of drug-likeness (QED) is 0.834. The van der Waals surface area contributed by atoms with Crippen LogP contribution in [-0.2, 0) is 9.59 Å². The molecule has 136 valence electrons. The third-order valence-electron chi connectivity index (χ3n) is 6.56. The lowest BCUT2D eigenvalue weighted by molar-refractivity contribution is -0.155. The minimum absolute atomic E-state index is 0.132. The summed E-state index contributed by atoms with van der Waals surface area (Å²) in [6.07, 6.45) is 11.3. The first-order valence-corrected chi connectivity index (χ1v) is 10.1. The Hall–Kier alpha value is -1.06. The number of piperidine rings is 1. The van der Waals surface area contributed by atoms with Crippen molar-refractivity contribution in [2.45, 2.75) is 96.6 Å². The summed E-state index contributed by atoms with van der Waals surface area (Å²) >= 11 is 0. The maximum Gasteiger partial charge on any atom is 0.228 e. The average Bonchev–Trinajstić information content (AvgIpc) is 3.06. The van der Waals surface area contributed by atoms with Crippen LogP contribution < -0.4 is 5.32 Å². The van der Waals surface area contributed by atoms with Crippen LogP contribution in [0, 0.1) is 11.3 Å². The Balaban J connectivity index is 1.77. The van der Waals surface area contributed by atoms with E-state index in [0.29, 0.717) is 18.4 Å². The van der Waals surface area contributed by atoms with Gasteiger partial charge >= 0.3 is 0 Å². The molecule has 2 amide bonds. The number of fused-ring (bicyclic) bond motifs is 1. The van der Waals surface area contributed by atoms with E-state index in [1.54, 1.807) is 0 Å². The summed E-state index contributed by atoms with van der Waals surface area (Å²) in [4.78, 5) is 27.9. The second-order valence-corrected chi connectivity index (χ2v) is 8.64. The normalized spacial score (nSPS) is 31.4. The second kappa shape index (κ2) is 7.45. The number of amides is 2. The van der Waals surface area contributed by atoms with Crippen molar-refractivity contribution in [3.63, 3.8) is 0 Å². The monoisotopic (exact) mass is 334 g/mol. The molecule has 0 bridgehead atoms. The fraction of sp³-hybridized carbons (Fsp3) is 0.900. The lowest BCUT2D eigenvalue weighted by Crippen LogP contribution is -2.62. The number of nitrogens with zero attached hydrogens (tertiary/aromatic N) is 1. The van der Waals surface area contributed by atoms with Gasteiger partial charge in [-0.05, 0) is 44.4 Å². The van der Waals surface area contributed by atoms with Gasteiger partial charge in [0.05, 0.1) is 5.41 Å². The van der Waals surface area contributed by atoms with E-state index in [0.717, 1.165) is 57.9 Å². The molecule has 3 aliphatic rings. The Morgan fingerprint density at radius 1 is 1.17 bits per heavy atom. The lowest BCUT2D eigenvalue weighted by atomic mass is 9.64. The first kappa shape index (κ1) is 17.8. The van der Waals surface area contributed by atoms with Crippen molar-refractivity contribution in [2.75, 3.05) is 6.54 Å². The number of likely N-dealkylation sites (tertiary alicyclic amines) is 1. The van der Waals surface area contributed by atoms with Gasteiger partial charge < -0.3 is 10.2 Å². The molecule has 0 spiro atoms. The van der Waals surface area contributed by atoms with Gasteiger partial charge in [0.15, 0.2) is 0 Å². The number of nitrogens with one attached hydrogen (secondary N) is 1.